The van der Waals surface area contributed by atoms with Crippen LogP contribution in [0.15, 0.2) is 0 Å². The standard InChI is InChI=1S/C10H16N2O3/c1-5-10(2,7-11)9(14)12(3)6-8(13)15-4/h5-6H2,1-4H3. The van der Waals surface area contributed by atoms with Gasteiger partial charge in [0.25, 0.3) is 0 Å². The molecule has 0 rings (SSSR count). The second-order valence-corrected chi connectivity index (χ2v) is 3.53. The summed E-state index contributed by atoms with van der Waals surface area (Å²) in [7, 11) is 2.73. The van der Waals surface area contributed by atoms with Crippen molar-refractivity contribution in [3.8, 4) is 6.07 Å². The van der Waals surface area contributed by atoms with Crippen molar-refractivity contribution in [2.24, 2.45) is 5.41 Å². The van der Waals surface area contributed by atoms with E-state index in [2.05, 4.69) is 4.74 Å². The van der Waals surface area contributed by atoms with Gasteiger partial charge in [-0.3, -0.25) is 9.59 Å². The van der Waals surface area contributed by atoms with Crippen LogP contribution >= 0.6 is 0 Å². The smallest absolute Gasteiger partial charge is 0.325 e. The Morgan fingerprint density at radius 1 is 1.53 bits per heavy atom. The molecule has 84 valence electrons. The molecule has 0 fully saturated rings. The molecule has 0 spiro atoms. The topological polar surface area (TPSA) is 70.4 Å². The van der Waals surface area contributed by atoms with Gasteiger partial charge in [0.2, 0.25) is 5.91 Å². The summed E-state index contributed by atoms with van der Waals surface area (Å²) in [6.45, 7) is 3.18. The first-order valence-electron chi connectivity index (χ1n) is 4.65. The Labute approximate surface area is 89.6 Å². The Bertz CT molecular complexity index is 296. The summed E-state index contributed by atoms with van der Waals surface area (Å²) in [6.07, 6.45) is 0.411. The Morgan fingerprint density at radius 3 is 2.40 bits per heavy atom. The van der Waals surface area contributed by atoms with Gasteiger partial charge in [-0.25, -0.2) is 0 Å². The van der Waals surface area contributed by atoms with Crippen molar-refractivity contribution in [2.45, 2.75) is 20.3 Å². The number of amides is 1. The van der Waals surface area contributed by atoms with E-state index in [1.165, 1.54) is 19.1 Å². The van der Waals surface area contributed by atoms with Gasteiger partial charge in [-0.05, 0) is 13.3 Å². The molecule has 5 nitrogen and oxygen atoms in total. The molecule has 5 heteroatoms. The molecule has 0 aliphatic rings. The summed E-state index contributed by atoms with van der Waals surface area (Å²) in [5.41, 5.74) is -1.07. The van der Waals surface area contributed by atoms with Crippen LogP contribution in [0.1, 0.15) is 20.3 Å². The van der Waals surface area contributed by atoms with E-state index < -0.39 is 11.4 Å². The van der Waals surface area contributed by atoms with Crippen molar-refractivity contribution >= 4 is 11.9 Å². The molecule has 0 heterocycles. The Morgan fingerprint density at radius 2 is 2.07 bits per heavy atom. The van der Waals surface area contributed by atoms with E-state index in [1.54, 1.807) is 13.8 Å². The number of rotatable bonds is 4. The molecule has 1 atom stereocenters. The van der Waals surface area contributed by atoms with Crippen LogP contribution in [0.2, 0.25) is 0 Å². The van der Waals surface area contributed by atoms with Crippen LogP contribution in [0.3, 0.4) is 0 Å². The average molecular weight is 212 g/mol. The van der Waals surface area contributed by atoms with E-state index in [0.29, 0.717) is 6.42 Å². The van der Waals surface area contributed by atoms with Gasteiger partial charge in [-0.2, -0.15) is 5.26 Å². The lowest BCUT2D eigenvalue weighted by Gasteiger charge is -2.25. The van der Waals surface area contributed by atoms with Gasteiger partial charge in [-0.15, -0.1) is 0 Å². The van der Waals surface area contributed by atoms with E-state index in [-0.39, 0.29) is 12.5 Å². The molecule has 0 N–H and O–H groups in total. The molecular formula is C10H16N2O3. The largest absolute Gasteiger partial charge is 0.468 e. The molecule has 0 saturated carbocycles. The zero-order valence-corrected chi connectivity index (χ0v) is 9.53. The maximum atomic E-state index is 11.8. The third-order valence-corrected chi connectivity index (χ3v) is 2.37. The van der Waals surface area contributed by atoms with Crippen LogP contribution < -0.4 is 0 Å². The van der Waals surface area contributed by atoms with Crippen LogP contribution in [-0.2, 0) is 14.3 Å². The summed E-state index contributed by atoms with van der Waals surface area (Å²) in [6, 6.07) is 1.96. The highest BCUT2D eigenvalue weighted by Crippen LogP contribution is 2.22. The fourth-order valence-electron chi connectivity index (χ4n) is 1.03. The monoisotopic (exact) mass is 212 g/mol. The Balaban J connectivity index is 4.58. The summed E-state index contributed by atoms with van der Waals surface area (Å²) in [4.78, 5) is 23.9. The van der Waals surface area contributed by atoms with Gasteiger partial charge in [0, 0.05) is 7.05 Å². The van der Waals surface area contributed by atoms with Crippen LogP contribution in [0.4, 0.5) is 0 Å². The van der Waals surface area contributed by atoms with E-state index in [4.69, 9.17) is 5.26 Å². The van der Waals surface area contributed by atoms with Gasteiger partial charge in [0.05, 0.1) is 13.2 Å². The lowest BCUT2D eigenvalue weighted by atomic mass is 9.88. The number of methoxy groups -OCH3 is 1. The zero-order valence-electron chi connectivity index (χ0n) is 9.53. The maximum Gasteiger partial charge on any atom is 0.325 e. The van der Waals surface area contributed by atoms with E-state index >= 15 is 0 Å². The molecule has 0 aromatic heterocycles. The van der Waals surface area contributed by atoms with Crippen molar-refractivity contribution < 1.29 is 14.3 Å². The number of nitriles is 1. The van der Waals surface area contributed by atoms with Crippen LogP contribution in [0.25, 0.3) is 0 Å². The van der Waals surface area contributed by atoms with Gasteiger partial charge >= 0.3 is 5.97 Å². The first kappa shape index (κ1) is 13.4. The minimum absolute atomic E-state index is 0.132. The maximum absolute atomic E-state index is 11.8. The molecule has 0 aromatic rings. The zero-order chi connectivity index (χ0) is 12.1. The fraction of sp³-hybridized carbons (Fsp3) is 0.700. The normalized spacial score (nSPS) is 13.5. The van der Waals surface area contributed by atoms with E-state index in [9.17, 15) is 9.59 Å². The molecule has 0 bridgehead atoms. The van der Waals surface area contributed by atoms with Gasteiger partial charge in [0.15, 0.2) is 0 Å². The SMILES string of the molecule is CCC(C)(C#N)C(=O)N(C)CC(=O)OC. The number of hydrogen-bond donors (Lipinski definition) is 0. The molecule has 0 radical (unpaired) electrons. The summed E-state index contributed by atoms with van der Waals surface area (Å²) in [5.74, 6) is -0.861. The molecule has 0 saturated heterocycles. The number of carbonyl (C=O) groups excluding carboxylic acids is 2. The number of carbonyl (C=O) groups is 2. The number of nitrogens with zero attached hydrogens (tertiary/aromatic N) is 2. The highest BCUT2D eigenvalue weighted by molar-refractivity contribution is 5.87. The summed E-state index contributed by atoms with van der Waals surface area (Å²) in [5, 5.41) is 8.88. The van der Waals surface area contributed by atoms with Crippen molar-refractivity contribution in [3.05, 3.63) is 0 Å². The van der Waals surface area contributed by atoms with E-state index in [0.717, 1.165) is 0 Å². The van der Waals surface area contributed by atoms with E-state index in [1.807, 2.05) is 6.07 Å². The van der Waals surface area contributed by atoms with Crippen LogP contribution in [0, 0.1) is 16.7 Å². The molecule has 0 aliphatic heterocycles. The Hall–Kier alpha value is -1.57. The predicted octanol–water partition coefficient (Wildman–Crippen LogP) is 0.558. The predicted molar refractivity (Wildman–Crippen MR) is 53.7 cm³/mol. The van der Waals surface area contributed by atoms with Gasteiger partial charge < -0.3 is 9.64 Å². The third-order valence-electron chi connectivity index (χ3n) is 2.37. The lowest BCUT2D eigenvalue weighted by molar-refractivity contribution is -0.148. The molecule has 0 aliphatic carbocycles. The quantitative estimate of drug-likeness (QED) is 0.638. The minimum Gasteiger partial charge on any atom is -0.468 e. The minimum atomic E-state index is -1.07. The second kappa shape index (κ2) is 5.35. The van der Waals surface area contributed by atoms with Crippen molar-refractivity contribution in [3.63, 3.8) is 0 Å². The summed E-state index contributed by atoms with van der Waals surface area (Å²) >= 11 is 0. The number of likely N-dealkylation sites (N-methyl/N-ethyl adjacent to an activating group) is 1. The fourth-order valence-corrected chi connectivity index (χ4v) is 1.03. The highest BCUT2D eigenvalue weighted by Gasteiger charge is 2.34. The van der Waals surface area contributed by atoms with Crippen molar-refractivity contribution in [1.82, 2.24) is 4.90 Å². The molecule has 0 aromatic carbocycles. The molecule has 15 heavy (non-hydrogen) atoms. The van der Waals surface area contributed by atoms with Crippen LogP contribution in [0.5, 0.6) is 0 Å². The first-order chi connectivity index (χ1) is 6.91. The molecule has 1 amide bonds. The number of hydrogen-bond acceptors (Lipinski definition) is 4. The molecular weight excluding hydrogens is 196 g/mol. The highest BCUT2D eigenvalue weighted by atomic mass is 16.5. The summed E-state index contributed by atoms with van der Waals surface area (Å²) < 4.78 is 4.44. The second-order valence-electron chi connectivity index (χ2n) is 3.53. The molecule has 1 unspecified atom stereocenters. The van der Waals surface area contributed by atoms with Gasteiger partial charge in [-0.1, -0.05) is 6.92 Å². The number of esters is 1. The Kier molecular flexibility index (Phi) is 4.79. The average Bonchev–Trinajstić information content (AvgIpc) is 2.26. The van der Waals surface area contributed by atoms with Gasteiger partial charge in [0.1, 0.15) is 12.0 Å². The lowest BCUT2D eigenvalue weighted by Crippen LogP contribution is -2.41. The third kappa shape index (κ3) is 3.24. The van der Waals surface area contributed by atoms with Crippen molar-refractivity contribution in [1.29, 1.82) is 5.26 Å². The van der Waals surface area contributed by atoms with Crippen LogP contribution in [-0.4, -0.2) is 37.5 Å². The number of ether oxygens (including phenoxy) is 1. The first-order valence-corrected chi connectivity index (χ1v) is 4.65. The van der Waals surface area contributed by atoms with Crippen molar-refractivity contribution in [2.75, 3.05) is 20.7 Å².